The van der Waals surface area contributed by atoms with E-state index in [0.29, 0.717) is 18.2 Å². The quantitative estimate of drug-likeness (QED) is 0.770. The van der Waals surface area contributed by atoms with E-state index in [9.17, 15) is 0 Å². The Hall–Kier alpha value is -2.88. The average Bonchev–Trinajstić information content (AvgIpc) is 2.56. The molecule has 0 spiro atoms. The molecule has 0 unspecified atom stereocenters. The summed E-state index contributed by atoms with van der Waals surface area (Å²) in [5, 5.41) is 3.21. The number of benzene rings is 1. The zero-order chi connectivity index (χ0) is 14.3. The highest BCUT2D eigenvalue weighted by Gasteiger charge is 2.05. The van der Waals surface area contributed by atoms with E-state index in [4.69, 9.17) is 4.74 Å². The standard InChI is InChI=1S/C17H15N3O/c1-2-6-14(7-3-1)13-21-16-9-5-11-19-17(16)20-15-8-4-10-18-12-15/h1-12H,13H2,(H,19,20). The number of ether oxygens (including phenoxy) is 1. The maximum Gasteiger partial charge on any atom is 0.173 e. The maximum atomic E-state index is 5.85. The molecule has 21 heavy (non-hydrogen) atoms. The Kier molecular flexibility index (Phi) is 4.07. The Labute approximate surface area is 123 Å². The Morgan fingerprint density at radius 1 is 0.905 bits per heavy atom. The molecule has 0 saturated heterocycles. The summed E-state index contributed by atoms with van der Waals surface area (Å²) < 4.78 is 5.85. The van der Waals surface area contributed by atoms with Gasteiger partial charge < -0.3 is 10.1 Å². The monoisotopic (exact) mass is 277 g/mol. The molecule has 0 bridgehead atoms. The Balaban J connectivity index is 1.73. The molecule has 0 amide bonds. The number of anilines is 2. The third-order valence-corrected chi connectivity index (χ3v) is 2.93. The topological polar surface area (TPSA) is 47.0 Å². The molecule has 4 heteroatoms. The van der Waals surface area contributed by atoms with Crippen molar-refractivity contribution in [3.8, 4) is 5.75 Å². The minimum atomic E-state index is 0.508. The highest BCUT2D eigenvalue weighted by molar-refractivity contribution is 5.61. The van der Waals surface area contributed by atoms with E-state index in [2.05, 4.69) is 15.3 Å². The first-order valence-corrected chi connectivity index (χ1v) is 6.70. The van der Waals surface area contributed by atoms with Crippen molar-refractivity contribution in [2.45, 2.75) is 6.61 Å². The van der Waals surface area contributed by atoms with Gasteiger partial charge in [-0.1, -0.05) is 30.3 Å². The van der Waals surface area contributed by atoms with E-state index in [1.807, 2.05) is 54.6 Å². The van der Waals surface area contributed by atoms with E-state index < -0.39 is 0 Å². The molecule has 0 saturated carbocycles. The molecule has 4 nitrogen and oxygen atoms in total. The van der Waals surface area contributed by atoms with Crippen molar-refractivity contribution in [3.05, 3.63) is 78.8 Å². The van der Waals surface area contributed by atoms with E-state index in [1.54, 1.807) is 18.6 Å². The molecule has 1 N–H and O–H groups in total. The molecule has 0 aliphatic carbocycles. The van der Waals surface area contributed by atoms with E-state index >= 15 is 0 Å². The third-order valence-electron chi connectivity index (χ3n) is 2.93. The highest BCUT2D eigenvalue weighted by Crippen LogP contribution is 2.25. The number of hydrogen-bond acceptors (Lipinski definition) is 4. The SMILES string of the molecule is c1ccc(COc2cccnc2Nc2cccnc2)cc1. The van der Waals surface area contributed by atoms with Gasteiger partial charge in [0.15, 0.2) is 11.6 Å². The van der Waals surface area contributed by atoms with Crippen molar-refractivity contribution in [1.82, 2.24) is 9.97 Å². The normalized spacial score (nSPS) is 10.1. The summed E-state index contributed by atoms with van der Waals surface area (Å²) in [5.74, 6) is 1.40. The molecule has 2 heterocycles. The van der Waals surface area contributed by atoms with Crippen molar-refractivity contribution < 1.29 is 4.74 Å². The van der Waals surface area contributed by atoms with Crippen LogP contribution >= 0.6 is 0 Å². The van der Waals surface area contributed by atoms with Gasteiger partial charge in [-0.3, -0.25) is 4.98 Å². The first-order valence-electron chi connectivity index (χ1n) is 6.70. The van der Waals surface area contributed by atoms with Crippen LogP contribution in [-0.2, 0) is 6.61 Å². The molecule has 0 aliphatic heterocycles. The van der Waals surface area contributed by atoms with Crippen LogP contribution in [0, 0.1) is 0 Å². The first-order chi connectivity index (χ1) is 10.4. The predicted octanol–water partition coefficient (Wildman–Crippen LogP) is 3.80. The van der Waals surface area contributed by atoms with Crippen LogP contribution in [0.25, 0.3) is 0 Å². The van der Waals surface area contributed by atoms with Crippen molar-refractivity contribution in [1.29, 1.82) is 0 Å². The summed E-state index contributed by atoms with van der Waals surface area (Å²) in [6.45, 7) is 0.508. The van der Waals surface area contributed by atoms with Gasteiger partial charge in [-0.2, -0.15) is 0 Å². The van der Waals surface area contributed by atoms with Crippen molar-refractivity contribution in [2.75, 3.05) is 5.32 Å². The summed E-state index contributed by atoms with van der Waals surface area (Å²) in [6.07, 6.45) is 5.21. The molecule has 104 valence electrons. The number of pyridine rings is 2. The van der Waals surface area contributed by atoms with Gasteiger partial charge in [-0.15, -0.1) is 0 Å². The smallest absolute Gasteiger partial charge is 0.173 e. The van der Waals surface area contributed by atoms with Gasteiger partial charge in [0.2, 0.25) is 0 Å². The van der Waals surface area contributed by atoms with Gasteiger partial charge in [0.1, 0.15) is 6.61 Å². The second-order valence-electron chi connectivity index (χ2n) is 4.49. The fourth-order valence-electron chi connectivity index (χ4n) is 1.91. The lowest BCUT2D eigenvalue weighted by Crippen LogP contribution is -2.01. The molecule has 2 aromatic heterocycles. The van der Waals surface area contributed by atoms with Crippen molar-refractivity contribution in [2.24, 2.45) is 0 Å². The van der Waals surface area contributed by atoms with Crippen LogP contribution in [0.5, 0.6) is 5.75 Å². The van der Waals surface area contributed by atoms with Crippen molar-refractivity contribution >= 4 is 11.5 Å². The second kappa shape index (κ2) is 6.52. The average molecular weight is 277 g/mol. The lowest BCUT2D eigenvalue weighted by atomic mass is 10.2. The Morgan fingerprint density at radius 2 is 1.76 bits per heavy atom. The van der Waals surface area contributed by atoms with Crippen LogP contribution in [0.3, 0.4) is 0 Å². The molecule has 0 atom stereocenters. The van der Waals surface area contributed by atoms with Crippen LogP contribution in [0.2, 0.25) is 0 Å². The van der Waals surface area contributed by atoms with Gasteiger partial charge in [-0.25, -0.2) is 4.98 Å². The summed E-state index contributed by atoms with van der Waals surface area (Å²) in [4.78, 5) is 8.40. The third kappa shape index (κ3) is 3.57. The Morgan fingerprint density at radius 3 is 2.57 bits per heavy atom. The molecule has 0 aliphatic rings. The molecular formula is C17H15N3O. The zero-order valence-corrected chi connectivity index (χ0v) is 11.4. The lowest BCUT2D eigenvalue weighted by molar-refractivity contribution is 0.307. The van der Waals surface area contributed by atoms with Gasteiger partial charge in [-0.05, 0) is 29.8 Å². The number of nitrogens with zero attached hydrogens (tertiary/aromatic N) is 2. The maximum absolute atomic E-state index is 5.85. The summed E-state index contributed by atoms with van der Waals surface area (Å²) in [5.41, 5.74) is 1.99. The van der Waals surface area contributed by atoms with Gasteiger partial charge in [0, 0.05) is 12.4 Å². The van der Waals surface area contributed by atoms with Gasteiger partial charge in [0.05, 0.1) is 11.9 Å². The fraction of sp³-hybridized carbons (Fsp3) is 0.0588. The highest BCUT2D eigenvalue weighted by atomic mass is 16.5. The molecule has 3 rings (SSSR count). The van der Waals surface area contributed by atoms with Gasteiger partial charge >= 0.3 is 0 Å². The van der Waals surface area contributed by atoms with E-state index in [0.717, 1.165) is 11.3 Å². The molecule has 1 aromatic carbocycles. The summed E-state index contributed by atoms with van der Waals surface area (Å²) in [6, 6.07) is 17.6. The van der Waals surface area contributed by atoms with Crippen LogP contribution in [0.15, 0.2) is 73.2 Å². The molecule has 0 fully saturated rings. The number of aromatic nitrogens is 2. The van der Waals surface area contributed by atoms with E-state index in [1.165, 1.54) is 0 Å². The van der Waals surface area contributed by atoms with Crippen LogP contribution in [0.1, 0.15) is 5.56 Å². The first kappa shape index (κ1) is 13.1. The largest absolute Gasteiger partial charge is 0.485 e. The minimum absolute atomic E-state index is 0.508. The fourth-order valence-corrected chi connectivity index (χ4v) is 1.91. The summed E-state index contributed by atoms with van der Waals surface area (Å²) in [7, 11) is 0. The Bertz CT molecular complexity index is 687. The molecule has 0 radical (unpaired) electrons. The number of hydrogen-bond donors (Lipinski definition) is 1. The predicted molar refractivity (Wildman–Crippen MR) is 82.5 cm³/mol. The second-order valence-corrected chi connectivity index (χ2v) is 4.49. The van der Waals surface area contributed by atoms with E-state index in [-0.39, 0.29) is 0 Å². The minimum Gasteiger partial charge on any atom is -0.485 e. The van der Waals surface area contributed by atoms with Gasteiger partial charge in [0.25, 0.3) is 0 Å². The number of rotatable bonds is 5. The molecule has 3 aromatic rings. The molecular weight excluding hydrogens is 262 g/mol. The van der Waals surface area contributed by atoms with Crippen LogP contribution < -0.4 is 10.1 Å². The van der Waals surface area contributed by atoms with Crippen molar-refractivity contribution in [3.63, 3.8) is 0 Å². The zero-order valence-electron chi connectivity index (χ0n) is 11.4. The lowest BCUT2D eigenvalue weighted by Gasteiger charge is -2.12. The number of nitrogens with one attached hydrogen (secondary N) is 1. The van der Waals surface area contributed by atoms with Crippen LogP contribution in [0.4, 0.5) is 11.5 Å². The van der Waals surface area contributed by atoms with Crippen LogP contribution in [-0.4, -0.2) is 9.97 Å². The summed E-state index contributed by atoms with van der Waals surface area (Å²) >= 11 is 0.